The average molecular weight is 457 g/mol. The molecule has 0 spiro atoms. The monoisotopic (exact) mass is 456 g/mol. The first-order valence-electron chi connectivity index (χ1n) is 12.9. The van der Waals surface area contributed by atoms with Crippen molar-refractivity contribution >= 4 is 11.7 Å². The highest BCUT2D eigenvalue weighted by Crippen LogP contribution is 2.68. The summed E-state index contributed by atoms with van der Waals surface area (Å²) in [5.74, 6) is 2.65. The van der Waals surface area contributed by atoms with Crippen LogP contribution in [0.4, 0.5) is 0 Å². The van der Waals surface area contributed by atoms with Crippen LogP contribution in [0.2, 0.25) is 0 Å². The summed E-state index contributed by atoms with van der Waals surface area (Å²) in [6.07, 6.45) is 11.3. The predicted octanol–water partition coefficient (Wildman–Crippen LogP) is 3.62. The molecule has 0 radical (unpaired) electrons. The lowest BCUT2D eigenvalue weighted by atomic mass is 9.44. The Balaban J connectivity index is 1.31. The fraction of sp³-hybridized carbons (Fsp3) is 0.846. The third kappa shape index (κ3) is 3.65. The minimum Gasteiger partial charge on any atom is -0.390 e. The molecule has 8 atom stereocenters. The van der Waals surface area contributed by atoms with E-state index in [1.54, 1.807) is 7.05 Å². The second-order valence-corrected chi connectivity index (χ2v) is 12.3. The van der Waals surface area contributed by atoms with Crippen molar-refractivity contribution in [2.24, 2.45) is 40.4 Å². The van der Waals surface area contributed by atoms with Gasteiger partial charge in [-0.15, -0.1) is 5.10 Å². The highest BCUT2D eigenvalue weighted by Gasteiger charge is 2.61. The Labute approximate surface area is 197 Å². The van der Waals surface area contributed by atoms with Crippen LogP contribution >= 0.6 is 0 Å². The number of rotatable bonds is 4. The smallest absolute Gasteiger partial charge is 0.273 e. The lowest BCUT2D eigenvalue weighted by Gasteiger charge is -2.61. The highest BCUT2D eigenvalue weighted by atomic mass is 16.3. The third-order valence-corrected chi connectivity index (χ3v) is 10.6. The molecule has 7 heteroatoms. The van der Waals surface area contributed by atoms with Crippen molar-refractivity contribution in [3.05, 3.63) is 11.9 Å². The van der Waals surface area contributed by atoms with Gasteiger partial charge in [-0.1, -0.05) is 13.8 Å². The fourth-order valence-corrected chi connectivity index (χ4v) is 8.82. The van der Waals surface area contributed by atoms with Crippen molar-refractivity contribution in [1.82, 2.24) is 20.3 Å². The molecule has 4 aliphatic rings. The Bertz CT molecular complexity index is 942. The predicted molar refractivity (Wildman–Crippen MR) is 124 cm³/mol. The number of aliphatic hydroxyl groups is 1. The number of Topliss-reactive ketones (excluding diaryl/α,β-unsaturated/α-hetero) is 1. The van der Waals surface area contributed by atoms with Crippen LogP contribution in [0, 0.1) is 40.4 Å². The molecule has 4 aliphatic carbocycles. The number of fused-ring (bicyclic) bond motifs is 5. The number of hydrogen-bond acceptors (Lipinski definition) is 5. The van der Waals surface area contributed by atoms with Gasteiger partial charge in [-0.05, 0) is 99.2 Å². The lowest BCUT2D eigenvalue weighted by molar-refractivity contribution is -0.151. The van der Waals surface area contributed by atoms with Crippen molar-refractivity contribution in [2.75, 3.05) is 7.05 Å². The van der Waals surface area contributed by atoms with Gasteiger partial charge in [-0.2, -0.15) is 9.90 Å². The maximum Gasteiger partial charge on any atom is 0.273 e. The van der Waals surface area contributed by atoms with Crippen molar-refractivity contribution in [3.63, 3.8) is 0 Å². The van der Waals surface area contributed by atoms with Gasteiger partial charge < -0.3 is 10.4 Å². The molecule has 5 rings (SSSR count). The molecular formula is C26H40N4O3. The largest absolute Gasteiger partial charge is 0.390 e. The van der Waals surface area contributed by atoms with E-state index in [1.807, 2.05) is 6.92 Å². The van der Waals surface area contributed by atoms with E-state index >= 15 is 0 Å². The van der Waals surface area contributed by atoms with Gasteiger partial charge >= 0.3 is 0 Å². The molecule has 2 unspecified atom stereocenters. The van der Waals surface area contributed by atoms with E-state index in [9.17, 15) is 14.7 Å². The Morgan fingerprint density at radius 2 is 1.82 bits per heavy atom. The van der Waals surface area contributed by atoms with Gasteiger partial charge in [0.15, 0.2) is 11.5 Å². The molecule has 0 saturated heterocycles. The minimum atomic E-state index is -0.497. The van der Waals surface area contributed by atoms with Crippen LogP contribution in [-0.4, -0.2) is 44.4 Å². The van der Waals surface area contributed by atoms with E-state index in [-0.39, 0.29) is 35.3 Å². The first kappa shape index (κ1) is 23.0. The van der Waals surface area contributed by atoms with E-state index in [2.05, 4.69) is 29.4 Å². The van der Waals surface area contributed by atoms with E-state index in [0.717, 1.165) is 44.4 Å². The molecule has 7 nitrogen and oxygen atoms in total. The van der Waals surface area contributed by atoms with Gasteiger partial charge in [0, 0.05) is 13.0 Å². The van der Waals surface area contributed by atoms with Gasteiger partial charge in [0.2, 0.25) is 0 Å². The number of nitrogens with one attached hydrogen (secondary N) is 1. The Kier molecular flexibility index (Phi) is 5.50. The molecule has 4 fully saturated rings. The van der Waals surface area contributed by atoms with Crippen molar-refractivity contribution < 1.29 is 14.7 Å². The Morgan fingerprint density at radius 1 is 1.06 bits per heavy atom. The lowest BCUT2D eigenvalue weighted by Crippen LogP contribution is -2.55. The molecule has 182 valence electrons. The molecule has 2 N–H and O–H groups in total. The van der Waals surface area contributed by atoms with Crippen LogP contribution < -0.4 is 5.32 Å². The molecule has 33 heavy (non-hydrogen) atoms. The molecule has 1 amide bonds. The number of nitrogens with zero attached hydrogens (tertiary/aromatic N) is 3. The maximum atomic E-state index is 13.4. The topological polar surface area (TPSA) is 97.1 Å². The maximum absolute atomic E-state index is 13.4. The molecule has 0 aromatic carbocycles. The summed E-state index contributed by atoms with van der Waals surface area (Å²) in [5, 5.41) is 21.6. The summed E-state index contributed by atoms with van der Waals surface area (Å²) >= 11 is 0. The molecule has 1 aromatic rings. The number of aromatic nitrogens is 3. The first-order chi connectivity index (χ1) is 15.6. The van der Waals surface area contributed by atoms with Gasteiger partial charge in [0.1, 0.15) is 6.54 Å². The molecule has 0 aliphatic heterocycles. The second kappa shape index (κ2) is 7.89. The SMILES string of the molecule is CNC(=O)c1cnn(CC(=O)[C@H]2CC[C@H]3C4CC[C@@H]5C[C@](C)(O)CC[C@]5(C)[C@H]4CCC23C)n1. The molecule has 0 bridgehead atoms. The van der Waals surface area contributed by atoms with Crippen LogP contribution in [0.1, 0.15) is 89.0 Å². The zero-order chi connectivity index (χ0) is 23.6. The summed E-state index contributed by atoms with van der Waals surface area (Å²) in [4.78, 5) is 26.6. The van der Waals surface area contributed by atoms with E-state index in [0.29, 0.717) is 23.2 Å². The van der Waals surface area contributed by atoms with Gasteiger partial charge in [0.05, 0.1) is 11.8 Å². The summed E-state index contributed by atoms with van der Waals surface area (Å²) in [7, 11) is 1.56. The number of carbonyl (C=O) groups excluding carboxylic acids is 2. The zero-order valence-electron chi connectivity index (χ0n) is 20.6. The second-order valence-electron chi connectivity index (χ2n) is 12.3. The minimum absolute atomic E-state index is 0.0514. The van der Waals surface area contributed by atoms with Crippen molar-refractivity contribution in [3.8, 4) is 0 Å². The van der Waals surface area contributed by atoms with Crippen LogP contribution in [0.3, 0.4) is 0 Å². The molecule has 1 heterocycles. The standard InChI is InChI=1S/C26H40N4O3/c1-24(33)11-12-25(2)16(13-24)5-6-17-18-7-8-20(26(18,3)10-9-19(17)25)22(31)15-30-28-14-21(29-30)23(32)27-4/h14,16-20,33H,5-13,15H2,1-4H3,(H,27,32)/t16-,17?,18+,19+,20-,24-,25+,26?/m1/s1. The fourth-order valence-electron chi connectivity index (χ4n) is 8.82. The van der Waals surface area contributed by atoms with Gasteiger partial charge in [-0.3, -0.25) is 9.59 Å². The van der Waals surface area contributed by atoms with E-state index < -0.39 is 5.60 Å². The van der Waals surface area contributed by atoms with Crippen LogP contribution in [0.5, 0.6) is 0 Å². The number of amides is 1. The molecular weight excluding hydrogens is 416 g/mol. The van der Waals surface area contributed by atoms with Crippen LogP contribution in [0.25, 0.3) is 0 Å². The highest BCUT2D eigenvalue weighted by molar-refractivity contribution is 5.91. The van der Waals surface area contributed by atoms with E-state index in [4.69, 9.17) is 0 Å². The molecule has 1 aromatic heterocycles. The Hall–Kier alpha value is -1.76. The summed E-state index contributed by atoms with van der Waals surface area (Å²) < 4.78 is 0. The average Bonchev–Trinajstić information content (AvgIpc) is 3.37. The van der Waals surface area contributed by atoms with Crippen molar-refractivity contribution in [2.45, 2.75) is 90.7 Å². The zero-order valence-corrected chi connectivity index (χ0v) is 20.6. The summed E-state index contributed by atoms with van der Waals surface area (Å²) in [6, 6.07) is 0. The van der Waals surface area contributed by atoms with Gasteiger partial charge in [0.25, 0.3) is 5.91 Å². The first-order valence-corrected chi connectivity index (χ1v) is 12.9. The summed E-state index contributed by atoms with van der Waals surface area (Å²) in [6.45, 7) is 7.05. The quantitative estimate of drug-likeness (QED) is 0.721. The molecule has 4 saturated carbocycles. The summed E-state index contributed by atoms with van der Waals surface area (Å²) in [5.41, 5.74) is 0.142. The number of hydrogen-bond donors (Lipinski definition) is 2. The van der Waals surface area contributed by atoms with Crippen molar-refractivity contribution in [1.29, 1.82) is 0 Å². The number of ketones is 1. The Morgan fingerprint density at radius 3 is 2.58 bits per heavy atom. The third-order valence-electron chi connectivity index (χ3n) is 10.6. The number of carbonyl (C=O) groups is 2. The van der Waals surface area contributed by atoms with Gasteiger partial charge in [-0.25, -0.2) is 0 Å². The van der Waals surface area contributed by atoms with Crippen LogP contribution in [-0.2, 0) is 11.3 Å². The van der Waals surface area contributed by atoms with E-state index in [1.165, 1.54) is 30.3 Å². The normalized spacial score (nSPS) is 44.5. The van der Waals surface area contributed by atoms with Crippen LogP contribution in [0.15, 0.2) is 6.20 Å².